The van der Waals surface area contributed by atoms with Gasteiger partial charge in [0.2, 0.25) is 0 Å². The van der Waals surface area contributed by atoms with Gasteiger partial charge in [0.1, 0.15) is 5.75 Å². The van der Waals surface area contributed by atoms with E-state index in [-0.39, 0.29) is 0 Å². The molecule has 1 fully saturated rings. The number of rotatable bonds is 2. The minimum atomic E-state index is -0.525. The number of aryl methyl sites for hydroxylation is 1. The fraction of sp³-hybridized carbons (Fsp3) is 0.533. The molecule has 1 aromatic rings. The highest BCUT2D eigenvalue weighted by atomic mass is 16.7. The molecular formula is C15H20BNO3. The average molecular weight is 273 g/mol. The van der Waals surface area contributed by atoms with Crippen LogP contribution < -0.4 is 10.2 Å². The fourth-order valence-corrected chi connectivity index (χ4v) is 2.15. The molecule has 0 N–H and O–H groups in total. The summed E-state index contributed by atoms with van der Waals surface area (Å²) in [7, 11) is 1.08. The lowest BCUT2D eigenvalue weighted by Gasteiger charge is -2.32. The Balaban J connectivity index is 2.47. The summed E-state index contributed by atoms with van der Waals surface area (Å²) >= 11 is 0. The van der Waals surface area contributed by atoms with Gasteiger partial charge in [0, 0.05) is 5.46 Å². The van der Waals surface area contributed by atoms with E-state index < -0.39 is 18.3 Å². The molecule has 0 amide bonds. The van der Waals surface area contributed by atoms with Gasteiger partial charge in [-0.25, -0.2) is 0 Å². The maximum absolute atomic E-state index is 9.18. The zero-order chi connectivity index (χ0) is 15.1. The molecule has 20 heavy (non-hydrogen) atoms. The maximum atomic E-state index is 9.18. The molecule has 4 nitrogen and oxygen atoms in total. The van der Waals surface area contributed by atoms with Crippen molar-refractivity contribution in [2.75, 3.05) is 7.11 Å². The van der Waals surface area contributed by atoms with E-state index in [1.165, 1.54) is 0 Å². The molecule has 2 rings (SSSR count). The second-order valence-corrected chi connectivity index (χ2v) is 6.11. The Bertz CT molecular complexity index is 559. The smallest absolute Gasteiger partial charge is 0.497 e. The summed E-state index contributed by atoms with van der Waals surface area (Å²) in [5.41, 5.74) is 1.41. The lowest BCUT2D eigenvalue weighted by molar-refractivity contribution is 0.00578. The minimum absolute atomic E-state index is 0.416. The topological polar surface area (TPSA) is 51.5 Å². The first-order valence-corrected chi connectivity index (χ1v) is 6.66. The van der Waals surface area contributed by atoms with Crippen LogP contribution in [0.5, 0.6) is 5.75 Å². The highest BCUT2D eigenvalue weighted by molar-refractivity contribution is 6.63. The molecule has 1 aromatic carbocycles. The van der Waals surface area contributed by atoms with Crippen molar-refractivity contribution >= 4 is 12.6 Å². The molecule has 0 saturated carbocycles. The molecule has 0 bridgehead atoms. The number of nitriles is 1. The van der Waals surface area contributed by atoms with E-state index in [1.54, 1.807) is 13.2 Å². The highest BCUT2D eigenvalue weighted by Crippen LogP contribution is 2.37. The highest BCUT2D eigenvalue weighted by Gasteiger charge is 2.52. The third-order valence-electron chi connectivity index (χ3n) is 4.20. The zero-order valence-electron chi connectivity index (χ0n) is 12.9. The lowest BCUT2D eigenvalue weighted by Crippen LogP contribution is -2.41. The van der Waals surface area contributed by atoms with Crippen molar-refractivity contribution in [2.24, 2.45) is 0 Å². The van der Waals surface area contributed by atoms with E-state index in [1.807, 2.05) is 40.7 Å². The Kier molecular flexibility index (Phi) is 3.57. The van der Waals surface area contributed by atoms with Crippen molar-refractivity contribution in [3.63, 3.8) is 0 Å². The number of nitrogens with zero attached hydrogens (tertiary/aromatic N) is 1. The molecule has 0 atom stereocenters. The molecule has 1 heterocycles. The molecule has 106 valence electrons. The van der Waals surface area contributed by atoms with Gasteiger partial charge in [-0.15, -0.1) is 0 Å². The van der Waals surface area contributed by atoms with Crippen LogP contribution in [-0.2, 0) is 9.31 Å². The summed E-state index contributed by atoms with van der Waals surface area (Å²) < 4.78 is 17.4. The van der Waals surface area contributed by atoms with E-state index in [0.717, 1.165) is 11.0 Å². The van der Waals surface area contributed by atoms with Crippen molar-refractivity contribution in [3.8, 4) is 11.8 Å². The number of hydrogen-bond acceptors (Lipinski definition) is 4. The van der Waals surface area contributed by atoms with E-state index in [4.69, 9.17) is 14.0 Å². The lowest BCUT2D eigenvalue weighted by atomic mass is 9.77. The molecule has 0 spiro atoms. The Morgan fingerprint density at radius 2 is 1.70 bits per heavy atom. The van der Waals surface area contributed by atoms with Crippen LogP contribution in [0.25, 0.3) is 0 Å². The summed E-state index contributed by atoms with van der Waals surface area (Å²) in [6, 6.07) is 5.82. The number of methoxy groups -OCH3 is 1. The van der Waals surface area contributed by atoms with Crippen LogP contribution in [0.3, 0.4) is 0 Å². The molecule has 1 aliphatic heterocycles. The summed E-state index contributed by atoms with van der Waals surface area (Å²) in [5.74, 6) is 0.681. The van der Waals surface area contributed by atoms with Crippen molar-refractivity contribution in [1.82, 2.24) is 0 Å². The SMILES string of the molecule is COc1cc(C)c(C#N)cc1B1OC(C)(C)C(C)(C)O1. The van der Waals surface area contributed by atoms with Crippen LogP contribution in [0.2, 0.25) is 0 Å². The van der Waals surface area contributed by atoms with E-state index >= 15 is 0 Å². The number of benzene rings is 1. The third-order valence-corrected chi connectivity index (χ3v) is 4.20. The van der Waals surface area contributed by atoms with Crippen LogP contribution in [0.4, 0.5) is 0 Å². The van der Waals surface area contributed by atoms with Crippen molar-refractivity contribution < 1.29 is 14.0 Å². The third kappa shape index (κ3) is 2.30. The van der Waals surface area contributed by atoms with Gasteiger partial charge in [-0.1, -0.05) is 0 Å². The van der Waals surface area contributed by atoms with Gasteiger partial charge in [0.25, 0.3) is 0 Å². The van der Waals surface area contributed by atoms with Crippen LogP contribution in [0.1, 0.15) is 38.8 Å². The number of hydrogen-bond donors (Lipinski definition) is 0. The van der Waals surface area contributed by atoms with E-state index in [9.17, 15) is 5.26 Å². The molecular weight excluding hydrogens is 253 g/mol. The van der Waals surface area contributed by atoms with Gasteiger partial charge in [-0.05, 0) is 52.3 Å². The quantitative estimate of drug-likeness (QED) is 0.775. The Hall–Kier alpha value is -1.51. The van der Waals surface area contributed by atoms with Gasteiger partial charge >= 0.3 is 7.12 Å². The standard InChI is InChI=1S/C15H20BNO3/c1-10-7-13(18-6)12(8-11(10)9-17)16-19-14(2,3)15(4,5)20-16/h7-8H,1-6H3. The average Bonchev–Trinajstić information content (AvgIpc) is 2.57. The summed E-state index contributed by atoms with van der Waals surface area (Å²) in [4.78, 5) is 0. The summed E-state index contributed by atoms with van der Waals surface area (Å²) in [5, 5.41) is 9.18. The van der Waals surface area contributed by atoms with E-state index in [0.29, 0.717) is 11.3 Å². The summed E-state index contributed by atoms with van der Waals surface area (Å²) in [6.07, 6.45) is 0. The van der Waals surface area contributed by atoms with Crippen molar-refractivity contribution in [1.29, 1.82) is 5.26 Å². The second-order valence-electron chi connectivity index (χ2n) is 6.11. The monoisotopic (exact) mass is 273 g/mol. The van der Waals surface area contributed by atoms with Gasteiger partial charge in [0.15, 0.2) is 0 Å². The second kappa shape index (κ2) is 4.80. The Labute approximate surface area is 120 Å². The van der Waals surface area contributed by atoms with Crippen molar-refractivity contribution in [2.45, 2.75) is 45.8 Å². The molecule has 0 radical (unpaired) electrons. The minimum Gasteiger partial charge on any atom is -0.497 e. The largest absolute Gasteiger partial charge is 0.498 e. The number of ether oxygens (including phenoxy) is 1. The van der Waals surface area contributed by atoms with Crippen LogP contribution >= 0.6 is 0 Å². The molecule has 0 aliphatic carbocycles. The molecule has 0 aromatic heterocycles. The molecule has 1 saturated heterocycles. The predicted octanol–water partition coefficient (Wildman–Crippen LogP) is 2.17. The molecule has 1 aliphatic rings. The van der Waals surface area contributed by atoms with Gasteiger partial charge in [-0.3, -0.25) is 0 Å². The van der Waals surface area contributed by atoms with Crippen molar-refractivity contribution in [3.05, 3.63) is 23.3 Å². The Morgan fingerprint density at radius 1 is 1.15 bits per heavy atom. The normalized spacial score (nSPS) is 19.8. The van der Waals surface area contributed by atoms with Crippen LogP contribution in [-0.4, -0.2) is 25.4 Å². The van der Waals surface area contributed by atoms with E-state index in [2.05, 4.69) is 6.07 Å². The summed E-state index contributed by atoms with van der Waals surface area (Å²) in [6.45, 7) is 9.88. The first-order valence-electron chi connectivity index (χ1n) is 6.66. The van der Waals surface area contributed by atoms with Gasteiger partial charge in [-0.2, -0.15) is 5.26 Å². The first kappa shape index (κ1) is 14.9. The molecule has 5 heteroatoms. The fourth-order valence-electron chi connectivity index (χ4n) is 2.15. The predicted molar refractivity (Wildman–Crippen MR) is 78.2 cm³/mol. The Morgan fingerprint density at radius 3 is 2.15 bits per heavy atom. The molecule has 0 unspecified atom stereocenters. The van der Waals surface area contributed by atoms with Crippen LogP contribution in [0.15, 0.2) is 12.1 Å². The zero-order valence-corrected chi connectivity index (χ0v) is 12.9. The van der Waals surface area contributed by atoms with Gasteiger partial charge < -0.3 is 14.0 Å². The maximum Gasteiger partial charge on any atom is 0.498 e. The first-order chi connectivity index (χ1) is 9.21. The van der Waals surface area contributed by atoms with Crippen LogP contribution in [0, 0.1) is 18.3 Å². The van der Waals surface area contributed by atoms with Gasteiger partial charge in [0.05, 0.1) is 29.9 Å².